The van der Waals surface area contributed by atoms with Crippen LogP contribution in [0.1, 0.15) is 33.2 Å². The highest BCUT2D eigenvalue weighted by molar-refractivity contribution is 5.95. The quantitative estimate of drug-likeness (QED) is 0.728. The molecule has 2 unspecified atom stereocenters. The van der Waals surface area contributed by atoms with Crippen LogP contribution in [0.25, 0.3) is 0 Å². The molecule has 0 radical (unpaired) electrons. The van der Waals surface area contributed by atoms with Gasteiger partial charge in [0, 0.05) is 12.6 Å². The second-order valence-corrected chi connectivity index (χ2v) is 6.36. The van der Waals surface area contributed by atoms with Crippen molar-refractivity contribution in [3.63, 3.8) is 0 Å². The fraction of sp³-hybridized carbons (Fsp3) is 0.136. The maximum absolute atomic E-state index is 12.9. The summed E-state index contributed by atoms with van der Waals surface area (Å²) in [6.07, 6.45) is 1.19. The summed E-state index contributed by atoms with van der Waals surface area (Å²) >= 11 is 0. The first-order chi connectivity index (χ1) is 13.2. The van der Waals surface area contributed by atoms with E-state index in [0.717, 1.165) is 16.8 Å². The molecule has 0 saturated heterocycles. The lowest BCUT2D eigenvalue weighted by Crippen LogP contribution is -2.43. The largest absolute Gasteiger partial charge is 0.448 e. The molecule has 1 N–H and O–H groups in total. The Morgan fingerprint density at radius 3 is 2.52 bits per heavy atom. The van der Waals surface area contributed by atoms with Crippen molar-refractivity contribution < 1.29 is 14.3 Å². The molecule has 134 valence electrons. The summed E-state index contributed by atoms with van der Waals surface area (Å²) in [5.41, 5.74) is 2.97. The van der Waals surface area contributed by atoms with Crippen molar-refractivity contribution in [2.24, 2.45) is 0 Å². The zero-order chi connectivity index (χ0) is 18.6. The number of rotatable bonds is 4. The Morgan fingerprint density at radius 2 is 1.74 bits per heavy atom. The molecule has 0 bridgehead atoms. The van der Waals surface area contributed by atoms with Crippen molar-refractivity contribution in [3.05, 3.63) is 101 Å². The summed E-state index contributed by atoms with van der Waals surface area (Å²) < 4.78 is 5.38. The number of benzene rings is 2. The van der Waals surface area contributed by atoms with Crippen molar-refractivity contribution in [1.82, 2.24) is 10.3 Å². The Labute approximate surface area is 157 Å². The van der Waals surface area contributed by atoms with E-state index in [4.69, 9.17) is 4.74 Å². The minimum absolute atomic E-state index is 0.336. The predicted octanol–water partition coefficient (Wildman–Crippen LogP) is 3.07. The third kappa shape index (κ3) is 3.58. The molecule has 5 nitrogen and oxygen atoms in total. The Bertz CT molecular complexity index is 918. The molecule has 1 amide bonds. The van der Waals surface area contributed by atoms with E-state index in [0.29, 0.717) is 12.0 Å². The molecular formula is C22H18N2O3. The van der Waals surface area contributed by atoms with E-state index in [-0.39, 0.29) is 5.91 Å². The first kappa shape index (κ1) is 17.0. The van der Waals surface area contributed by atoms with E-state index in [2.05, 4.69) is 10.3 Å². The van der Waals surface area contributed by atoms with Crippen LogP contribution in [0.4, 0.5) is 0 Å². The average molecular weight is 358 g/mol. The summed E-state index contributed by atoms with van der Waals surface area (Å²) in [5.74, 6) is -0.802. The second-order valence-electron chi connectivity index (χ2n) is 6.36. The van der Waals surface area contributed by atoms with E-state index in [1.807, 2.05) is 60.7 Å². The minimum Gasteiger partial charge on any atom is -0.448 e. The molecule has 2 heterocycles. The number of amides is 1. The predicted molar refractivity (Wildman–Crippen MR) is 100 cm³/mol. The van der Waals surface area contributed by atoms with Crippen LogP contribution in [0.5, 0.6) is 0 Å². The molecule has 0 fully saturated rings. The number of hydrogen-bond donors (Lipinski definition) is 1. The molecule has 1 aromatic heterocycles. The van der Waals surface area contributed by atoms with Crippen molar-refractivity contribution in [2.75, 3.05) is 0 Å². The lowest BCUT2D eigenvalue weighted by atomic mass is 9.97. The second kappa shape index (κ2) is 7.41. The van der Waals surface area contributed by atoms with Gasteiger partial charge in [-0.15, -0.1) is 0 Å². The number of carbonyl (C=O) groups is 2. The highest BCUT2D eigenvalue weighted by atomic mass is 16.5. The third-order valence-corrected chi connectivity index (χ3v) is 4.59. The Balaban J connectivity index is 1.59. The van der Waals surface area contributed by atoms with Gasteiger partial charge in [-0.05, 0) is 29.3 Å². The van der Waals surface area contributed by atoms with Crippen LogP contribution in [0.3, 0.4) is 0 Å². The van der Waals surface area contributed by atoms with Crippen LogP contribution in [0.2, 0.25) is 0 Å². The maximum Gasteiger partial charge on any atom is 0.339 e. The fourth-order valence-electron chi connectivity index (χ4n) is 3.23. The standard InChI is InChI=1S/C22H18N2O3/c25-21(19-14-16-10-4-5-11-17(16)22(26)27-19)24-20(15-8-2-1-3-9-15)18-12-6-7-13-23-18/h1-13,19-20H,14H2,(H,24,25). The number of pyridine rings is 1. The number of fused-ring (bicyclic) bond motifs is 1. The molecule has 2 atom stereocenters. The van der Waals surface area contributed by atoms with Gasteiger partial charge < -0.3 is 10.1 Å². The van der Waals surface area contributed by atoms with Crippen molar-refractivity contribution in [3.8, 4) is 0 Å². The van der Waals surface area contributed by atoms with Crippen molar-refractivity contribution in [1.29, 1.82) is 0 Å². The molecule has 0 spiro atoms. The highest BCUT2D eigenvalue weighted by Gasteiger charge is 2.32. The van der Waals surface area contributed by atoms with Gasteiger partial charge in [-0.25, -0.2) is 4.79 Å². The van der Waals surface area contributed by atoms with Gasteiger partial charge in [-0.2, -0.15) is 0 Å². The third-order valence-electron chi connectivity index (χ3n) is 4.59. The topological polar surface area (TPSA) is 68.3 Å². The van der Waals surface area contributed by atoms with E-state index >= 15 is 0 Å². The molecule has 0 aliphatic carbocycles. The average Bonchev–Trinajstić information content (AvgIpc) is 2.73. The molecule has 1 aliphatic heterocycles. The Hall–Kier alpha value is -3.47. The fourth-order valence-corrected chi connectivity index (χ4v) is 3.23. The van der Waals surface area contributed by atoms with Gasteiger partial charge in [0.2, 0.25) is 0 Å². The summed E-state index contributed by atoms with van der Waals surface area (Å²) in [7, 11) is 0. The van der Waals surface area contributed by atoms with E-state index in [1.165, 1.54) is 0 Å². The van der Waals surface area contributed by atoms with E-state index in [1.54, 1.807) is 18.3 Å². The smallest absolute Gasteiger partial charge is 0.339 e. The monoisotopic (exact) mass is 358 g/mol. The zero-order valence-electron chi connectivity index (χ0n) is 14.5. The number of cyclic esters (lactones) is 1. The van der Waals surface area contributed by atoms with Gasteiger partial charge in [-0.3, -0.25) is 9.78 Å². The van der Waals surface area contributed by atoms with Crippen LogP contribution < -0.4 is 5.32 Å². The van der Waals surface area contributed by atoms with Gasteiger partial charge in [-0.1, -0.05) is 54.6 Å². The van der Waals surface area contributed by atoms with Gasteiger partial charge in [0.05, 0.1) is 17.3 Å². The van der Waals surface area contributed by atoms with Gasteiger partial charge >= 0.3 is 5.97 Å². The van der Waals surface area contributed by atoms with Crippen molar-refractivity contribution >= 4 is 11.9 Å². The molecule has 4 rings (SSSR count). The number of nitrogens with one attached hydrogen (secondary N) is 1. The van der Waals surface area contributed by atoms with E-state index < -0.39 is 18.1 Å². The molecule has 0 saturated carbocycles. The van der Waals surface area contributed by atoms with Gasteiger partial charge in [0.15, 0.2) is 6.10 Å². The molecule has 3 aromatic rings. The molecule has 27 heavy (non-hydrogen) atoms. The lowest BCUT2D eigenvalue weighted by Gasteiger charge is -2.26. The van der Waals surface area contributed by atoms with Crippen LogP contribution >= 0.6 is 0 Å². The number of carbonyl (C=O) groups excluding carboxylic acids is 2. The molecule has 2 aromatic carbocycles. The van der Waals surface area contributed by atoms with Crippen molar-refractivity contribution in [2.45, 2.75) is 18.6 Å². The number of aromatic nitrogens is 1. The number of nitrogens with zero attached hydrogens (tertiary/aromatic N) is 1. The van der Waals surface area contributed by atoms with Crippen LogP contribution in [0.15, 0.2) is 79.0 Å². The zero-order valence-corrected chi connectivity index (χ0v) is 14.5. The van der Waals surface area contributed by atoms with Crippen LogP contribution in [-0.2, 0) is 16.0 Å². The summed E-state index contributed by atoms with van der Waals surface area (Å²) in [4.78, 5) is 29.5. The SMILES string of the molecule is O=C1OC(C(=O)NC(c2ccccc2)c2ccccn2)Cc2ccccc21. The highest BCUT2D eigenvalue weighted by Crippen LogP contribution is 2.23. The number of esters is 1. The molecule has 5 heteroatoms. The van der Waals surface area contributed by atoms with Gasteiger partial charge in [0.25, 0.3) is 5.91 Å². The van der Waals surface area contributed by atoms with Crippen LogP contribution in [0, 0.1) is 0 Å². The maximum atomic E-state index is 12.9. The normalized spacial score (nSPS) is 16.7. The Morgan fingerprint density at radius 1 is 1.00 bits per heavy atom. The number of hydrogen-bond acceptors (Lipinski definition) is 4. The first-order valence-electron chi connectivity index (χ1n) is 8.77. The lowest BCUT2D eigenvalue weighted by molar-refractivity contribution is -0.130. The molecule has 1 aliphatic rings. The molecular weight excluding hydrogens is 340 g/mol. The first-order valence-corrected chi connectivity index (χ1v) is 8.77. The number of ether oxygens (including phenoxy) is 1. The van der Waals surface area contributed by atoms with Gasteiger partial charge in [0.1, 0.15) is 0 Å². The van der Waals surface area contributed by atoms with Crippen LogP contribution in [-0.4, -0.2) is 23.0 Å². The summed E-state index contributed by atoms with van der Waals surface area (Å²) in [6, 6.07) is 22.0. The van der Waals surface area contributed by atoms with E-state index in [9.17, 15) is 9.59 Å². The summed E-state index contributed by atoms with van der Waals surface area (Å²) in [5, 5.41) is 2.99. The Kier molecular flexibility index (Phi) is 4.66. The minimum atomic E-state index is -0.859. The summed E-state index contributed by atoms with van der Waals surface area (Å²) in [6.45, 7) is 0.